The number of ether oxygens (including phenoxy) is 1. The van der Waals surface area contributed by atoms with Crippen LogP contribution in [0.4, 0.5) is 0 Å². The quantitative estimate of drug-likeness (QED) is 0.880. The lowest BCUT2D eigenvalue weighted by Gasteiger charge is -2.13. The molecule has 0 bridgehead atoms. The van der Waals surface area contributed by atoms with Gasteiger partial charge in [-0.1, -0.05) is 0 Å². The third-order valence-corrected chi connectivity index (χ3v) is 3.58. The number of aliphatic carboxylic acids is 1. The van der Waals surface area contributed by atoms with E-state index in [9.17, 15) is 13.2 Å². The van der Waals surface area contributed by atoms with Crippen molar-refractivity contribution in [2.45, 2.75) is 17.7 Å². The maximum Gasteiger partial charge on any atom is 0.310 e. The minimum absolute atomic E-state index is 0.0846. The van der Waals surface area contributed by atoms with Crippen molar-refractivity contribution in [3.63, 3.8) is 0 Å². The van der Waals surface area contributed by atoms with E-state index in [1.165, 1.54) is 32.2 Å². The highest BCUT2D eigenvalue weighted by Gasteiger charge is 2.20. The maximum absolute atomic E-state index is 11.4. The predicted molar refractivity (Wildman–Crippen MR) is 62.2 cm³/mol. The molecule has 94 valence electrons. The summed E-state index contributed by atoms with van der Waals surface area (Å²) in [6.45, 7) is 1.48. The number of carboxylic acid groups (broad SMARTS) is 1. The molecular weight excluding hydrogens is 244 g/mol. The third kappa shape index (κ3) is 2.97. The van der Waals surface area contributed by atoms with Crippen LogP contribution in [0.1, 0.15) is 18.4 Å². The highest BCUT2D eigenvalue weighted by Crippen LogP contribution is 2.29. The third-order valence-electron chi connectivity index (χ3n) is 2.47. The van der Waals surface area contributed by atoms with Crippen LogP contribution in [0, 0.1) is 0 Å². The topological polar surface area (TPSA) is 80.7 Å². The van der Waals surface area contributed by atoms with Crippen molar-refractivity contribution in [1.29, 1.82) is 0 Å². The molecule has 0 fully saturated rings. The Kier molecular flexibility index (Phi) is 3.77. The van der Waals surface area contributed by atoms with Gasteiger partial charge in [-0.2, -0.15) is 0 Å². The van der Waals surface area contributed by atoms with Gasteiger partial charge in [0, 0.05) is 11.8 Å². The summed E-state index contributed by atoms with van der Waals surface area (Å²) < 4.78 is 27.8. The normalized spacial score (nSPS) is 13.1. The monoisotopic (exact) mass is 258 g/mol. The van der Waals surface area contributed by atoms with Gasteiger partial charge >= 0.3 is 5.97 Å². The molecule has 0 spiro atoms. The Morgan fingerprint density at radius 1 is 1.41 bits per heavy atom. The summed E-state index contributed by atoms with van der Waals surface area (Å²) >= 11 is 0. The molecule has 1 aromatic rings. The Hall–Kier alpha value is -1.56. The molecule has 1 atom stereocenters. The van der Waals surface area contributed by atoms with Gasteiger partial charge in [0.05, 0.1) is 17.9 Å². The first-order chi connectivity index (χ1) is 7.77. The SMILES string of the molecule is COc1ccc(S(C)(=O)=O)cc1C(C)C(=O)O. The van der Waals surface area contributed by atoms with Crippen LogP contribution in [0.2, 0.25) is 0 Å². The van der Waals surface area contributed by atoms with Crippen LogP contribution in [0.15, 0.2) is 23.1 Å². The number of hydrogen-bond donors (Lipinski definition) is 1. The molecule has 0 aliphatic rings. The maximum atomic E-state index is 11.4. The second kappa shape index (κ2) is 4.75. The Morgan fingerprint density at radius 2 is 2.00 bits per heavy atom. The lowest BCUT2D eigenvalue weighted by molar-refractivity contribution is -0.138. The summed E-state index contributed by atoms with van der Waals surface area (Å²) in [6.07, 6.45) is 1.07. The summed E-state index contributed by atoms with van der Waals surface area (Å²) in [5, 5.41) is 8.94. The molecule has 1 aromatic carbocycles. The van der Waals surface area contributed by atoms with Crippen LogP contribution in [0.5, 0.6) is 5.75 Å². The van der Waals surface area contributed by atoms with Crippen LogP contribution in [0.3, 0.4) is 0 Å². The Labute approximate surface area is 100.0 Å². The van der Waals surface area contributed by atoms with Gasteiger partial charge in [-0.05, 0) is 25.1 Å². The zero-order valence-corrected chi connectivity index (χ0v) is 10.6. The molecule has 0 saturated heterocycles. The summed E-state index contributed by atoms with van der Waals surface area (Å²) in [4.78, 5) is 11.0. The fourth-order valence-electron chi connectivity index (χ4n) is 1.41. The second-order valence-electron chi connectivity index (χ2n) is 3.74. The van der Waals surface area contributed by atoms with Crippen molar-refractivity contribution in [2.24, 2.45) is 0 Å². The van der Waals surface area contributed by atoms with Gasteiger partial charge in [0.1, 0.15) is 5.75 Å². The van der Waals surface area contributed by atoms with Gasteiger partial charge < -0.3 is 9.84 Å². The molecule has 6 heteroatoms. The number of sulfone groups is 1. The first-order valence-electron chi connectivity index (χ1n) is 4.88. The number of methoxy groups -OCH3 is 1. The lowest BCUT2D eigenvalue weighted by atomic mass is 10.0. The molecule has 1 unspecified atom stereocenters. The summed E-state index contributed by atoms with van der Waals surface area (Å²) in [5.41, 5.74) is 0.350. The van der Waals surface area contributed by atoms with Gasteiger partial charge in [-0.3, -0.25) is 4.79 Å². The predicted octanol–water partition coefficient (Wildman–Crippen LogP) is 1.29. The van der Waals surface area contributed by atoms with Crippen molar-refractivity contribution in [3.05, 3.63) is 23.8 Å². The molecule has 17 heavy (non-hydrogen) atoms. The van der Waals surface area contributed by atoms with E-state index in [0.29, 0.717) is 11.3 Å². The summed E-state index contributed by atoms with van der Waals surface area (Å²) in [6, 6.07) is 4.20. The zero-order valence-electron chi connectivity index (χ0n) is 9.80. The molecule has 1 rings (SSSR count). The first-order valence-corrected chi connectivity index (χ1v) is 6.77. The highest BCUT2D eigenvalue weighted by atomic mass is 32.2. The largest absolute Gasteiger partial charge is 0.496 e. The molecule has 0 saturated carbocycles. The highest BCUT2D eigenvalue weighted by molar-refractivity contribution is 7.90. The number of carboxylic acids is 1. The van der Waals surface area contributed by atoms with Gasteiger partial charge in [-0.15, -0.1) is 0 Å². The number of hydrogen-bond acceptors (Lipinski definition) is 4. The van der Waals surface area contributed by atoms with E-state index in [2.05, 4.69) is 0 Å². The van der Waals surface area contributed by atoms with E-state index >= 15 is 0 Å². The van der Waals surface area contributed by atoms with Crippen molar-refractivity contribution in [2.75, 3.05) is 13.4 Å². The fraction of sp³-hybridized carbons (Fsp3) is 0.364. The summed E-state index contributed by atoms with van der Waals surface area (Å²) in [7, 11) is -1.95. The summed E-state index contributed by atoms with van der Waals surface area (Å²) in [5.74, 6) is -1.49. The molecule has 0 aliphatic carbocycles. The van der Waals surface area contributed by atoms with E-state index in [-0.39, 0.29) is 4.90 Å². The smallest absolute Gasteiger partial charge is 0.310 e. The van der Waals surface area contributed by atoms with E-state index in [1.807, 2.05) is 0 Å². The molecular formula is C11H14O5S. The Bertz CT molecular complexity index is 533. The van der Waals surface area contributed by atoms with Crippen LogP contribution >= 0.6 is 0 Å². The molecule has 5 nitrogen and oxygen atoms in total. The van der Waals surface area contributed by atoms with Crippen LogP contribution < -0.4 is 4.74 Å². The van der Waals surface area contributed by atoms with Gasteiger partial charge in [0.2, 0.25) is 0 Å². The van der Waals surface area contributed by atoms with E-state index in [1.54, 1.807) is 0 Å². The van der Waals surface area contributed by atoms with Gasteiger partial charge in [0.15, 0.2) is 9.84 Å². The average Bonchev–Trinajstić information content (AvgIpc) is 2.25. The molecule has 1 N–H and O–H groups in total. The standard InChI is InChI=1S/C11H14O5S/c1-7(11(12)13)9-6-8(17(3,14)15)4-5-10(9)16-2/h4-7H,1-3H3,(H,12,13). The van der Waals surface area contributed by atoms with E-state index in [4.69, 9.17) is 9.84 Å². The molecule has 0 amide bonds. The minimum atomic E-state index is -3.36. The van der Waals surface area contributed by atoms with E-state index < -0.39 is 21.7 Å². The first kappa shape index (κ1) is 13.5. The van der Waals surface area contributed by atoms with Crippen molar-refractivity contribution < 1.29 is 23.1 Å². The Balaban J connectivity index is 3.40. The number of rotatable bonds is 4. The zero-order chi connectivity index (χ0) is 13.2. The van der Waals surface area contributed by atoms with Crippen LogP contribution in [-0.2, 0) is 14.6 Å². The average molecular weight is 258 g/mol. The van der Waals surface area contributed by atoms with Crippen molar-refractivity contribution >= 4 is 15.8 Å². The van der Waals surface area contributed by atoms with Crippen molar-refractivity contribution in [1.82, 2.24) is 0 Å². The number of benzene rings is 1. The van der Waals surface area contributed by atoms with Crippen LogP contribution in [0.25, 0.3) is 0 Å². The van der Waals surface area contributed by atoms with Crippen molar-refractivity contribution in [3.8, 4) is 5.75 Å². The molecule has 0 heterocycles. The number of carbonyl (C=O) groups is 1. The van der Waals surface area contributed by atoms with Gasteiger partial charge in [0.25, 0.3) is 0 Å². The molecule has 0 aliphatic heterocycles. The fourth-order valence-corrected chi connectivity index (χ4v) is 2.07. The lowest BCUT2D eigenvalue weighted by Crippen LogP contribution is -2.10. The van der Waals surface area contributed by atoms with Crippen LogP contribution in [-0.4, -0.2) is 32.9 Å². The Morgan fingerprint density at radius 3 is 2.41 bits per heavy atom. The van der Waals surface area contributed by atoms with E-state index in [0.717, 1.165) is 6.26 Å². The molecule has 0 radical (unpaired) electrons. The van der Waals surface area contributed by atoms with Gasteiger partial charge in [-0.25, -0.2) is 8.42 Å². The second-order valence-corrected chi connectivity index (χ2v) is 5.75. The molecule has 0 aromatic heterocycles. The minimum Gasteiger partial charge on any atom is -0.496 e.